The van der Waals surface area contributed by atoms with E-state index in [0.29, 0.717) is 44.7 Å². The highest BCUT2D eigenvalue weighted by Crippen LogP contribution is 2.19. The van der Waals surface area contributed by atoms with Gasteiger partial charge in [-0.2, -0.15) is 0 Å². The fourth-order valence-electron chi connectivity index (χ4n) is 4.06. The quantitative estimate of drug-likeness (QED) is 0.613. The number of benzene rings is 2. The summed E-state index contributed by atoms with van der Waals surface area (Å²) in [5.74, 6) is 0.431. The molecule has 0 saturated heterocycles. The maximum atomic E-state index is 14.0. The summed E-state index contributed by atoms with van der Waals surface area (Å²) >= 11 is 0. The Hall–Kier alpha value is -3.13. The Morgan fingerprint density at radius 3 is 2.53 bits per heavy atom. The van der Waals surface area contributed by atoms with Gasteiger partial charge in [0.15, 0.2) is 5.82 Å². The Morgan fingerprint density at radius 1 is 1.03 bits per heavy atom. The lowest BCUT2D eigenvalue weighted by Gasteiger charge is -2.20. The fraction of sp³-hybridized carbons (Fsp3) is 0.375. The second-order valence-electron chi connectivity index (χ2n) is 8.13. The van der Waals surface area contributed by atoms with Crippen molar-refractivity contribution in [3.63, 3.8) is 0 Å². The van der Waals surface area contributed by atoms with E-state index in [-0.39, 0.29) is 24.1 Å². The number of carbonyl (C=O) groups is 1. The molecule has 8 heteroatoms. The highest BCUT2D eigenvalue weighted by atomic mass is 19.1. The molecule has 0 bridgehead atoms. The number of carbonyl (C=O) groups excluding carboxylic acids is 1. The summed E-state index contributed by atoms with van der Waals surface area (Å²) in [7, 11) is 0. The van der Waals surface area contributed by atoms with Crippen LogP contribution in [-0.2, 0) is 30.7 Å². The summed E-state index contributed by atoms with van der Waals surface area (Å²) in [5.41, 5.74) is 1.21. The van der Waals surface area contributed by atoms with Crippen molar-refractivity contribution in [2.45, 2.75) is 45.3 Å². The van der Waals surface area contributed by atoms with Crippen LogP contribution in [0.4, 0.5) is 8.78 Å². The van der Waals surface area contributed by atoms with Crippen LogP contribution in [-0.4, -0.2) is 38.7 Å². The Balaban J connectivity index is 1.35. The average Bonchev–Trinajstić information content (AvgIpc) is 3.09. The molecule has 3 aromatic rings. The first kappa shape index (κ1) is 22.1. The summed E-state index contributed by atoms with van der Waals surface area (Å²) in [4.78, 5) is 14.4. The number of aryl methyl sites for hydroxylation is 1. The molecular formula is C24H27F2N5O. The van der Waals surface area contributed by atoms with Crippen molar-refractivity contribution in [3.05, 3.63) is 82.9 Å². The topological polar surface area (TPSA) is 63.1 Å². The lowest BCUT2D eigenvalue weighted by atomic mass is 10.1. The van der Waals surface area contributed by atoms with Crippen molar-refractivity contribution in [3.8, 4) is 0 Å². The van der Waals surface area contributed by atoms with Crippen molar-refractivity contribution in [1.82, 2.24) is 25.0 Å². The van der Waals surface area contributed by atoms with Gasteiger partial charge in [-0.15, -0.1) is 10.2 Å². The number of nitrogens with zero attached hydrogens (tertiary/aromatic N) is 4. The van der Waals surface area contributed by atoms with Crippen molar-refractivity contribution in [2.75, 3.05) is 13.1 Å². The van der Waals surface area contributed by atoms with Crippen LogP contribution >= 0.6 is 0 Å². The van der Waals surface area contributed by atoms with E-state index in [2.05, 4.69) is 15.5 Å². The largest absolute Gasteiger partial charge is 0.346 e. The maximum Gasteiger partial charge on any atom is 0.220 e. The molecule has 168 valence electrons. The van der Waals surface area contributed by atoms with Gasteiger partial charge >= 0.3 is 0 Å². The molecule has 1 amide bonds. The predicted octanol–water partition coefficient (Wildman–Crippen LogP) is 3.42. The molecule has 2 aromatic carbocycles. The van der Waals surface area contributed by atoms with E-state index in [1.54, 1.807) is 0 Å². The molecular weight excluding hydrogens is 412 g/mol. The normalized spacial score (nSPS) is 15.1. The van der Waals surface area contributed by atoms with E-state index in [9.17, 15) is 13.6 Å². The van der Waals surface area contributed by atoms with Gasteiger partial charge in [-0.05, 0) is 31.0 Å². The number of rotatable bonds is 7. The molecule has 0 saturated carbocycles. The van der Waals surface area contributed by atoms with Gasteiger partial charge in [-0.3, -0.25) is 9.69 Å². The zero-order chi connectivity index (χ0) is 22.5. The molecule has 1 aromatic heterocycles. The van der Waals surface area contributed by atoms with E-state index >= 15 is 0 Å². The third-order valence-electron chi connectivity index (χ3n) is 5.84. The molecule has 1 N–H and O–H groups in total. The first-order valence-corrected chi connectivity index (χ1v) is 10.9. The molecule has 0 radical (unpaired) electrons. The minimum absolute atomic E-state index is 0.0380. The highest BCUT2D eigenvalue weighted by Gasteiger charge is 2.23. The van der Waals surface area contributed by atoms with Gasteiger partial charge in [-0.1, -0.05) is 36.4 Å². The number of fused-ring (bicyclic) bond motifs is 1. The van der Waals surface area contributed by atoms with Crippen molar-refractivity contribution in [2.24, 2.45) is 0 Å². The van der Waals surface area contributed by atoms with Crippen molar-refractivity contribution < 1.29 is 13.6 Å². The second kappa shape index (κ2) is 9.99. The number of halogens is 2. The molecule has 0 spiro atoms. The standard InChI is InChI=1S/C24H27F2N5O/c1-17(27-23(32)11-10-18-6-3-2-4-7-18)24-29-28-22-12-13-30(14-15-31(22)24)16-19-20(25)8-5-9-21(19)26/h2-9,17H,10-16H2,1H3,(H,27,32). The van der Waals surface area contributed by atoms with Crippen LogP contribution < -0.4 is 5.32 Å². The van der Waals surface area contributed by atoms with Crippen LogP contribution in [0, 0.1) is 11.6 Å². The second-order valence-corrected chi connectivity index (χ2v) is 8.13. The Kier molecular flexibility index (Phi) is 6.90. The molecule has 1 unspecified atom stereocenters. The molecule has 32 heavy (non-hydrogen) atoms. The summed E-state index contributed by atoms with van der Waals surface area (Å²) in [6.45, 7) is 3.94. The number of amides is 1. The summed E-state index contributed by atoms with van der Waals surface area (Å²) in [6, 6.07) is 13.6. The van der Waals surface area contributed by atoms with Gasteiger partial charge in [0.25, 0.3) is 0 Å². The van der Waals surface area contributed by atoms with Gasteiger partial charge < -0.3 is 9.88 Å². The minimum Gasteiger partial charge on any atom is -0.346 e. The SMILES string of the molecule is CC(NC(=O)CCc1ccccc1)c1nnc2n1CCN(Cc1c(F)cccc1F)CC2. The molecule has 4 rings (SSSR count). The van der Waals surface area contributed by atoms with E-state index in [0.717, 1.165) is 11.4 Å². The van der Waals surface area contributed by atoms with Crippen LogP contribution in [0.25, 0.3) is 0 Å². The van der Waals surface area contributed by atoms with E-state index < -0.39 is 11.6 Å². The fourth-order valence-corrected chi connectivity index (χ4v) is 4.06. The number of hydrogen-bond acceptors (Lipinski definition) is 4. The predicted molar refractivity (Wildman–Crippen MR) is 117 cm³/mol. The smallest absolute Gasteiger partial charge is 0.220 e. The molecule has 2 heterocycles. The molecule has 6 nitrogen and oxygen atoms in total. The lowest BCUT2D eigenvalue weighted by Crippen LogP contribution is -2.30. The third kappa shape index (κ3) is 5.19. The monoisotopic (exact) mass is 439 g/mol. The van der Waals surface area contributed by atoms with Crippen LogP contribution in [0.1, 0.15) is 42.2 Å². The van der Waals surface area contributed by atoms with Crippen LogP contribution in [0.3, 0.4) is 0 Å². The van der Waals surface area contributed by atoms with Gasteiger partial charge in [0.1, 0.15) is 17.5 Å². The minimum atomic E-state index is -0.527. The van der Waals surface area contributed by atoms with E-state index in [1.165, 1.54) is 18.2 Å². The average molecular weight is 440 g/mol. The molecule has 1 aliphatic heterocycles. The van der Waals surface area contributed by atoms with E-state index in [4.69, 9.17) is 0 Å². The molecule has 0 fully saturated rings. The number of hydrogen-bond donors (Lipinski definition) is 1. The Bertz CT molecular complexity index is 1050. The van der Waals surface area contributed by atoms with Gasteiger partial charge in [-0.25, -0.2) is 8.78 Å². The first-order valence-electron chi connectivity index (χ1n) is 10.9. The summed E-state index contributed by atoms with van der Waals surface area (Å²) in [6.07, 6.45) is 1.70. The summed E-state index contributed by atoms with van der Waals surface area (Å²) < 4.78 is 30.1. The van der Waals surface area contributed by atoms with Crippen LogP contribution in [0.5, 0.6) is 0 Å². The molecule has 1 atom stereocenters. The van der Waals surface area contributed by atoms with Gasteiger partial charge in [0, 0.05) is 44.6 Å². The zero-order valence-electron chi connectivity index (χ0n) is 18.1. The molecule has 1 aliphatic rings. The number of aromatic nitrogens is 3. The number of nitrogens with one attached hydrogen (secondary N) is 1. The lowest BCUT2D eigenvalue weighted by molar-refractivity contribution is -0.121. The van der Waals surface area contributed by atoms with E-state index in [1.807, 2.05) is 46.7 Å². The van der Waals surface area contributed by atoms with Crippen LogP contribution in [0.2, 0.25) is 0 Å². The zero-order valence-corrected chi connectivity index (χ0v) is 18.1. The van der Waals surface area contributed by atoms with Gasteiger partial charge in [0.2, 0.25) is 5.91 Å². The maximum absolute atomic E-state index is 14.0. The van der Waals surface area contributed by atoms with Crippen molar-refractivity contribution in [1.29, 1.82) is 0 Å². The van der Waals surface area contributed by atoms with Crippen molar-refractivity contribution >= 4 is 5.91 Å². The highest BCUT2D eigenvalue weighted by molar-refractivity contribution is 5.76. The first-order chi connectivity index (χ1) is 15.5. The van der Waals surface area contributed by atoms with Crippen LogP contribution in [0.15, 0.2) is 48.5 Å². The Labute approximate surface area is 186 Å². The Morgan fingerprint density at radius 2 is 1.78 bits per heavy atom. The summed E-state index contributed by atoms with van der Waals surface area (Å²) in [5, 5.41) is 11.6. The molecule has 0 aliphatic carbocycles. The third-order valence-corrected chi connectivity index (χ3v) is 5.84. The van der Waals surface area contributed by atoms with Gasteiger partial charge in [0.05, 0.1) is 6.04 Å².